The standard InChI is InChI=1S/C12H18ClNO4S/c1-14(6-3-7-18-2)19(16,17)12-8-10(9-15)4-5-11(12)13/h4-5,8,15H,3,6-7,9H2,1-2H3. The summed E-state index contributed by atoms with van der Waals surface area (Å²) in [6.45, 7) is 0.604. The van der Waals surface area contributed by atoms with E-state index in [1.54, 1.807) is 13.2 Å². The molecular formula is C12H18ClNO4S. The van der Waals surface area contributed by atoms with E-state index in [1.807, 2.05) is 0 Å². The summed E-state index contributed by atoms with van der Waals surface area (Å²) in [6.07, 6.45) is 0.601. The first-order valence-electron chi connectivity index (χ1n) is 5.78. The zero-order valence-electron chi connectivity index (χ0n) is 11.0. The molecule has 0 aliphatic carbocycles. The number of halogens is 1. The summed E-state index contributed by atoms with van der Waals surface area (Å²) in [5.74, 6) is 0. The number of sulfonamides is 1. The van der Waals surface area contributed by atoms with Crippen LogP contribution in [0, 0.1) is 0 Å². The minimum absolute atomic E-state index is 0.0145. The monoisotopic (exact) mass is 307 g/mol. The molecule has 0 fully saturated rings. The lowest BCUT2D eigenvalue weighted by molar-refractivity contribution is 0.189. The van der Waals surface area contributed by atoms with Gasteiger partial charge in [0.2, 0.25) is 10.0 Å². The fourth-order valence-electron chi connectivity index (χ4n) is 1.56. The Morgan fingerprint density at radius 2 is 2.11 bits per heavy atom. The largest absolute Gasteiger partial charge is 0.392 e. The molecule has 0 radical (unpaired) electrons. The first-order chi connectivity index (χ1) is 8.93. The lowest BCUT2D eigenvalue weighted by Crippen LogP contribution is -2.29. The fraction of sp³-hybridized carbons (Fsp3) is 0.500. The molecule has 0 aromatic heterocycles. The van der Waals surface area contributed by atoms with Crippen molar-refractivity contribution in [3.8, 4) is 0 Å². The van der Waals surface area contributed by atoms with Crippen LogP contribution in [0.1, 0.15) is 12.0 Å². The molecule has 1 rings (SSSR count). The highest BCUT2D eigenvalue weighted by Gasteiger charge is 2.23. The first-order valence-corrected chi connectivity index (χ1v) is 7.60. The Bertz CT molecular complexity index is 518. The fourth-order valence-corrected chi connectivity index (χ4v) is 3.29. The summed E-state index contributed by atoms with van der Waals surface area (Å²) in [4.78, 5) is 0.0145. The van der Waals surface area contributed by atoms with Crippen molar-refractivity contribution in [1.29, 1.82) is 0 Å². The second kappa shape index (κ2) is 7.21. The van der Waals surface area contributed by atoms with Gasteiger partial charge in [0.1, 0.15) is 4.90 Å². The predicted octanol–water partition coefficient (Wildman–Crippen LogP) is 1.49. The van der Waals surface area contributed by atoms with Crippen molar-refractivity contribution in [2.75, 3.05) is 27.3 Å². The summed E-state index contributed by atoms with van der Waals surface area (Å²) in [5, 5.41) is 9.21. The van der Waals surface area contributed by atoms with Crippen LogP contribution in [-0.2, 0) is 21.4 Å². The van der Waals surface area contributed by atoms with E-state index in [2.05, 4.69) is 0 Å². The Kier molecular flexibility index (Phi) is 6.22. The highest BCUT2D eigenvalue weighted by molar-refractivity contribution is 7.89. The van der Waals surface area contributed by atoms with Crippen molar-refractivity contribution in [1.82, 2.24) is 4.31 Å². The number of aliphatic hydroxyl groups is 1. The maximum absolute atomic E-state index is 12.3. The van der Waals surface area contributed by atoms with Crippen molar-refractivity contribution < 1.29 is 18.3 Å². The van der Waals surface area contributed by atoms with Crippen LogP contribution >= 0.6 is 11.6 Å². The molecular weight excluding hydrogens is 290 g/mol. The molecule has 0 amide bonds. The number of rotatable bonds is 7. The SMILES string of the molecule is COCCCN(C)S(=O)(=O)c1cc(CO)ccc1Cl. The smallest absolute Gasteiger partial charge is 0.244 e. The maximum atomic E-state index is 12.3. The van der Waals surface area contributed by atoms with Gasteiger partial charge >= 0.3 is 0 Å². The number of aliphatic hydroxyl groups excluding tert-OH is 1. The third kappa shape index (κ3) is 4.15. The third-order valence-corrected chi connectivity index (χ3v) is 5.03. The first kappa shape index (κ1) is 16.4. The number of methoxy groups -OCH3 is 1. The topological polar surface area (TPSA) is 66.8 Å². The molecule has 1 aromatic rings. The van der Waals surface area contributed by atoms with Crippen molar-refractivity contribution in [3.63, 3.8) is 0 Å². The minimum atomic E-state index is -3.65. The van der Waals surface area contributed by atoms with Gasteiger partial charge in [-0.2, -0.15) is 0 Å². The van der Waals surface area contributed by atoms with Crippen molar-refractivity contribution in [2.24, 2.45) is 0 Å². The molecule has 0 spiro atoms. The molecule has 1 aromatic carbocycles. The molecule has 0 saturated heterocycles. The summed E-state index contributed by atoms with van der Waals surface area (Å²) in [5.41, 5.74) is 0.508. The molecule has 0 aliphatic rings. The summed E-state index contributed by atoms with van der Waals surface area (Å²) < 4.78 is 30.8. The molecule has 5 nitrogen and oxygen atoms in total. The summed E-state index contributed by atoms with van der Waals surface area (Å²) >= 11 is 5.93. The Hall–Kier alpha value is -0.660. The number of hydrogen-bond donors (Lipinski definition) is 1. The van der Waals surface area contributed by atoms with Crippen LogP contribution in [0.15, 0.2) is 23.1 Å². The number of benzene rings is 1. The zero-order chi connectivity index (χ0) is 14.5. The second-order valence-electron chi connectivity index (χ2n) is 4.10. The van der Waals surface area contributed by atoms with Gasteiger partial charge in [-0.25, -0.2) is 12.7 Å². The maximum Gasteiger partial charge on any atom is 0.244 e. The molecule has 108 valence electrons. The van der Waals surface area contributed by atoms with E-state index in [-0.39, 0.29) is 16.5 Å². The Balaban J connectivity index is 2.99. The zero-order valence-corrected chi connectivity index (χ0v) is 12.5. The van der Waals surface area contributed by atoms with E-state index < -0.39 is 10.0 Å². The van der Waals surface area contributed by atoms with Crippen LogP contribution in [0.5, 0.6) is 0 Å². The van der Waals surface area contributed by atoms with Gasteiger partial charge in [-0.1, -0.05) is 17.7 Å². The highest BCUT2D eigenvalue weighted by Crippen LogP contribution is 2.25. The van der Waals surface area contributed by atoms with Crippen LogP contribution < -0.4 is 0 Å². The Labute approximate surface area is 118 Å². The van der Waals surface area contributed by atoms with Crippen LogP contribution in [0.25, 0.3) is 0 Å². The second-order valence-corrected chi connectivity index (χ2v) is 6.52. The van der Waals surface area contributed by atoms with Gasteiger partial charge in [0, 0.05) is 27.3 Å². The van der Waals surface area contributed by atoms with E-state index in [0.29, 0.717) is 25.1 Å². The lowest BCUT2D eigenvalue weighted by atomic mass is 10.2. The normalized spacial score (nSPS) is 12.1. The van der Waals surface area contributed by atoms with Crippen molar-refractivity contribution >= 4 is 21.6 Å². The van der Waals surface area contributed by atoms with Crippen LogP contribution in [0.3, 0.4) is 0 Å². The number of hydrogen-bond acceptors (Lipinski definition) is 4. The van der Waals surface area contributed by atoms with E-state index in [0.717, 1.165) is 0 Å². The Morgan fingerprint density at radius 3 is 2.68 bits per heavy atom. The van der Waals surface area contributed by atoms with Crippen molar-refractivity contribution in [3.05, 3.63) is 28.8 Å². The van der Waals surface area contributed by atoms with Gasteiger partial charge in [-0.05, 0) is 24.1 Å². The van der Waals surface area contributed by atoms with Crippen LogP contribution in [-0.4, -0.2) is 45.1 Å². The number of nitrogens with zero attached hydrogens (tertiary/aromatic N) is 1. The predicted molar refractivity (Wildman–Crippen MR) is 73.7 cm³/mol. The van der Waals surface area contributed by atoms with Gasteiger partial charge in [0.25, 0.3) is 0 Å². The molecule has 7 heteroatoms. The van der Waals surface area contributed by atoms with E-state index in [1.165, 1.54) is 23.5 Å². The molecule has 0 heterocycles. The van der Waals surface area contributed by atoms with Crippen molar-refractivity contribution in [2.45, 2.75) is 17.9 Å². The average molecular weight is 308 g/mol. The van der Waals surface area contributed by atoms with Gasteiger partial charge in [-0.3, -0.25) is 0 Å². The minimum Gasteiger partial charge on any atom is -0.392 e. The number of ether oxygens (including phenoxy) is 1. The molecule has 0 aliphatic heterocycles. The molecule has 0 atom stereocenters. The molecule has 0 saturated carbocycles. The summed E-state index contributed by atoms with van der Waals surface area (Å²) in [6, 6.07) is 4.46. The van der Waals surface area contributed by atoms with Crippen LogP contribution in [0.2, 0.25) is 5.02 Å². The Morgan fingerprint density at radius 1 is 1.42 bits per heavy atom. The van der Waals surface area contributed by atoms with Crippen LogP contribution in [0.4, 0.5) is 0 Å². The molecule has 1 N–H and O–H groups in total. The van der Waals surface area contributed by atoms with Gasteiger partial charge in [0.05, 0.1) is 11.6 Å². The van der Waals surface area contributed by atoms with Gasteiger partial charge in [0.15, 0.2) is 0 Å². The molecule has 19 heavy (non-hydrogen) atoms. The summed E-state index contributed by atoms with van der Waals surface area (Å²) in [7, 11) is -0.589. The quantitative estimate of drug-likeness (QED) is 0.775. The molecule has 0 bridgehead atoms. The lowest BCUT2D eigenvalue weighted by Gasteiger charge is -2.18. The average Bonchev–Trinajstić information content (AvgIpc) is 2.39. The van der Waals surface area contributed by atoms with Gasteiger partial charge in [-0.15, -0.1) is 0 Å². The third-order valence-electron chi connectivity index (χ3n) is 2.69. The van der Waals surface area contributed by atoms with E-state index in [9.17, 15) is 8.42 Å². The highest BCUT2D eigenvalue weighted by atomic mass is 35.5. The van der Waals surface area contributed by atoms with Gasteiger partial charge < -0.3 is 9.84 Å². The van der Waals surface area contributed by atoms with E-state index >= 15 is 0 Å². The molecule has 0 unspecified atom stereocenters. The van der Waals surface area contributed by atoms with E-state index in [4.69, 9.17) is 21.4 Å².